The van der Waals surface area contributed by atoms with Crippen LogP contribution in [0.1, 0.15) is 44.9 Å². The molecule has 18 heavy (non-hydrogen) atoms. The van der Waals surface area contributed by atoms with Gasteiger partial charge in [0.2, 0.25) is 0 Å². The van der Waals surface area contributed by atoms with E-state index in [4.69, 9.17) is 0 Å². The Bertz CT molecular complexity index is 377. The van der Waals surface area contributed by atoms with Crippen LogP contribution in [0.4, 0.5) is 5.13 Å². The maximum absolute atomic E-state index is 4.53. The Labute approximate surface area is 115 Å². The van der Waals surface area contributed by atoms with Gasteiger partial charge in [-0.2, -0.15) is 0 Å². The van der Waals surface area contributed by atoms with Crippen molar-refractivity contribution < 1.29 is 0 Å². The Hall–Kier alpha value is -0.610. The molecule has 0 aliphatic heterocycles. The first kappa shape index (κ1) is 13.8. The molecule has 0 bridgehead atoms. The van der Waals surface area contributed by atoms with Crippen LogP contribution in [0.5, 0.6) is 0 Å². The summed E-state index contributed by atoms with van der Waals surface area (Å²) < 4.78 is 0. The number of hydrogen-bond acceptors (Lipinski definition) is 4. The highest BCUT2D eigenvalue weighted by Gasteiger charge is 2.20. The molecule has 1 saturated carbocycles. The van der Waals surface area contributed by atoms with Gasteiger partial charge in [0, 0.05) is 36.8 Å². The van der Waals surface area contributed by atoms with Gasteiger partial charge in [0.25, 0.3) is 0 Å². The summed E-state index contributed by atoms with van der Waals surface area (Å²) in [5.41, 5.74) is 0.169. The zero-order valence-electron chi connectivity index (χ0n) is 12.0. The fourth-order valence-corrected chi connectivity index (χ4v) is 2.87. The maximum atomic E-state index is 4.53. The van der Waals surface area contributed by atoms with Gasteiger partial charge in [0.15, 0.2) is 5.13 Å². The van der Waals surface area contributed by atoms with Crippen molar-refractivity contribution in [2.45, 2.75) is 52.1 Å². The van der Waals surface area contributed by atoms with Crippen LogP contribution in [0.2, 0.25) is 0 Å². The summed E-state index contributed by atoms with van der Waals surface area (Å²) in [6, 6.07) is 0. The molecule has 0 aromatic carbocycles. The number of nitrogens with one attached hydrogen (secondary N) is 1. The normalized spacial score (nSPS) is 16.7. The molecule has 1 aromatic heterocycles. The van der Waals surface area contributed by atoms with Crippen molar-refractivity contribution in [3.05, 3.63) is 11.1 Å². The number of hydrogen-bond donors (Lipinski definition) is 1. The first-order chi connectivity index (χ1) is 8.44. The quantitative estimate of drug-likeness (QED) is 0.887. The van der Waals surface area contributed by atoms with E-state index >= 15 is 0 Å². The first-order valence-electron chi connectivity index (χ1n) is 6.85. The molecule has 0 atom stereocenters. The number of rotatable bonds is 5. The third kappa shape index (κ3) is 3.95. The average Bonchev–Trinajstić information content (AvgIpc) is 2.68. The summed E-state index contributed by atoms with van der Waals surface area (Å²) >= 11 is 1.81. The highest BCUT2D eigenvalue weighted by molar-refractivity contribution is 7.15. The molecular formula is C14H25N3S. The predicted molar refractivity (Wildman–Crippen MR) is 79.3 cm³/mol. The number of thiazole rings is 1. The molecule has 0 radical (unpaired) electrons. The number of aromatic nitrogens is 1. The molecule has 1 N–H and O–H groups in total. The van der Waals surface area contributed by atoms with Crippen LogP contribution >= 0.6 is 11.3 Å². The van der Waals surface area contributed by atoms with Crippen LogP contribution < -0.4 is 10.2 Å². The molecule has 1 aliphatic carbocycles. The second-order valence-electron chi connectivity index (χ2n) is 6.39. The molecule has 0 unspecified atom stereocenters. The van der Waals surface area contributed by atoms with E-state index < -0.39 is 0 Å². The minimum atomic E-state index is 0.169. The second kappa shape index (κ2) is 5.57. The largest absolute Gasteiger partial charge is 0.351 e. The van der Waals surface area contributed by atoms with Gasteiger partial charge in [-0.3, -0.25) is 0 Å². The highest BCUT2D eigenvalue weighted by atomic mass is 32.1. The van der Waals surface area contributed by atoms with E-state index in [9.17, 15) is 0 Å². The minimum Gasteiger partial charge on any atom is -0.351 e. The fourth-order valence-electron chi connectivity index (χ4n) is 2.05. The number of nitrogens with zero attached hydrogens (tertiary/aromatic N) is 2. The van der Waals surface area contributed by atoms with Crippen LogP contribution in [0.15, 0.2) is 6.20 Å². The van der Waals surface area contributed by atoms with Gasteiger partial charge in [-0.1, -0.05) is 6.42 Å². The van der Waals surface area contributed by atoms with Gasteiger partial charge in [0.1, 0.15) is 0 Å². The average molecular weight is 267 g/mol. The molecule has 0 saturated heterocycles. The van der Waals surface area contributed by atoms with E-state index in [0.717, 1.165) is 17.6 Å². The van der Waals surface area contributed by atoms with E-state index in [-0.39, 0.29) is 5.54 Å². The van der Waals surface area contributed by atoms with Crippen molar-refractivity contribution in [1.82, 2.24) is 10.3 Å². The summed E-state index contributed by atoms with van der Waals surface area (Å²) in [6.07, 6.45) is 6.22. The number of anilines is 1. The van der Waals surface area contributed by atoms with Crippen molar-refractivity contribution in [2.24, 2.45) is 5.92 Å². The van der Waals surface area contributed by atoms with Gasteiger partial charge in [-0.05, 0) is 39.5 Å². The summed E-state index contributed by atoms with van der Waals surface area (Å²) in [5, 5.41) is 4.67. The van der Waals surface area contributed by atoms with E-state index in [1.807, 2.05) is 17.5 Å². The van der Waals surface area contributed by atoms with Crippen molar-refractivity contribution in [2.75, 3.05) is 18.5 Å². The molecule has 1 aliphatic rings. The standard InChI is InChI=1S/C14H25N3S/c1-14(2,3)16-9-12-8-15-13(18-12)17(4)10-11-6-5-7-11/h8,11,16H,5-7,9-10H2,1-4H3. The van der Waals surface area contributed by atoms with Gasteiger partial charge in [-0.25, -0.2) is 4.98 Å². The Morgan fingerprint density at radius 2 is 2.17 bits per heavy atom. The molecule has 1 heterocycles. The minimum absolute atomic E-state index is 0.169. The smallest absolute Gasteiger partial charge is 0.185 e. The van der Waals surface area contributed by atoms with Crippen LogP contribution in [0, 0.1) is 5.92 Å². The van der Waals surface area contributed by atoms with Gasteiger partial charge >= 0.3 is 0 Å². The molecule has 4 heteroatoms. The monoisotopic (exact) mass is 267 g/mol. The van der Waals surface area contributed by atoms with Crippen LogP contribution in [-0.4, -0.2) is 24.1 Å². The van der Waals surface area contributed by atoms with Gasteiger partial charge in [0.05, 0.1) is 0 Å². The zero-order valence-corrected chi connectivity index (χ0v) is 12.8. The third-order valence-corrected chi connectivity index (χ3v) is 4.53. The van der Waals surface area contributed by atoms with E-state index in [1.165, 1.54) is 30.7 Å². The van der Waals surface area contributed by atoms with Crippen LogP contribution in [0.25, 0.3) is 0 Å². The highest BCUT2D eigenvalue weighted by Crippen LogP contribution is 2.29. The lowest BCUT2D eigenvalue weighted by Gasteiger charge is -2.29. The molecule has 3 nitrogen and oxygen atoms in total. The molecule has 102 valence electrons. The Kier molecular flexibility index (Phi) is 4.28. The van der Waals surface area contributed by atoms with Gasteiger partial charge < -0.3 is 10.2 Å². The fraction of sp³-hybridized carbons (Fsp3) is 0.786. The van der Waals surface area contributed by atoms with Crippen molar-refractivity contribution in [3.8, 4) is 0 Å². The lowest BCUT2D eigenvalue weighted by molar-refractivity contribution is 0.321. The van der Waals surface area contributed by atoms with Crippen LogP contribution in [-0.2, 0) is 6.54 Å². The van der Waals surface area contributed by atoms with Crippen molar-refractivity contribution >= 4 is 16.5 Å². The van der Waals surface area contributed by atoms with E-state index in [0.29, 0.717) is 0 Å². The topological polar surface area (TPSA) is 28.2 Å². The van der Waals surface area contributed by atoms with Crippen molar-refractivity contribution in [3.63, 3.8) is 0 Å². The summed E-state index contributed by atoms with van der Waals surface area (Å²) in [5.74, 6) is 0.898. The molecule has 0 amide bonds. The summed E-state index contributed by atoms with van der Waals surface area (Å²) in [7, 11) is 2.16. The molecule has 1 fully saturated rings. The van der Waals surface area contributed by atoms with E-state index in [2.05, 4.69) is 43.0 Å². The zero-order chi connectivity index (χ0) is 13.2. The SMILES string of the molecule is CN(CC1CCC1)c1ncc(CNC(C)(C)C)s1. The summed E-state index contributed by atoms with van der Waals surface area (Å²) in [4.78, 5) is 8.17. The Morgan fingerprint density at radius 3 is 2.72 bits per heavy atom. The lowest BCUT2D eigenvalue weighted by Crippen LogP contribution is -2.34. The van der Waals surface area contributed by atoms with Gasteiger partial charge in [-0.15, -0.1) is 11.3 Å². The summed E-state index contributed by atoms with van der Waals surface area (Å²) in [6.45, 7) is 8.66. The first-order valence-corrected chi connectivity index (χ1v) is 7.66. The van der Waals surface area contributed by atoms with Crippen LogP contribution in [0.3, 0.4) is 0 Å². The lowest BCUT2D eigenvalue weighted by atomic mass is 9.85. The second-order valence-corrected chi connectivity index (χ2v) is 7.48. The molecule has 0 spiro atoms. The van der Waals surface area contributed by atoms with Crippen molar-refractivity contribution in [1.29, 1.82) is 0 Å². The molecule has 2 rings (SSSR count). The Morgan fingerprint density at radius 1 is 1.44 bits per heavy atom. The third-order valence-electron chi connectivity index (χ3n) is 3.42. The Balaban J connectivity index is 1.84. The molecular weight excluding hydrogens is 242 g/mol. The predicted octanol–water partition coefficient (Wildman–Crippen LogP) is 3.27. The molecule has 1 aromatic rings. The maximum Gasteiger partial charge on any atom is 0.185 e. The van der Waals surface area contributed by atoms with E-state index in [1.54, 1.807) is 0 Å².